The van der Waals surface area contributed by atoms with Gasteiger partial charge in [0.25, 0.3) is 22.2 Å². The maximum Gasteiger partial charge on any atom is 0.280 e. The van der Waals surface area contributed by atoms with Gasteiger partial charge < -0.3 is 29.0 Å². The molecule has 3 aromatic rings. The summed E-state index contributed by atoms with van der Waals surface area (Å²) in [4.78, 5) is 14.9. The van der Waals surface area contributed by atoms with Crippen LogP contribution in [0.5, 0.6) is 23.1 Å². The number of sulfonamides is 1. The zero-order chi connectivity index (χ0) is 28.7. The van der Waals surface area contributed by atoms with Crippen LogP contribution >= 0.6 is 0 Å². The van der Waals surface area contributed by atoms with E-state index in [2.05, 4.69) is 31.5 Å². The Bertz CT molecular complexity index is 1480. The Morgan fingerprint density at radius 1 is 1.10 bits per heavy atom. The van der Waals surface area contributed by atoms with Crippen LogP contribution < -0.4 is 23.8 Å². The molecule has 0 saturated carbocycles. The minimum Gasteiger partial charge on any atom is -0.493 e. The van der Waals surface area contributed by atoms with E-state index in [-0.39, 0.29) is 40.1 Å². The summed E-state index contributed by atoms with van der Waals surface area (Å²) in [6, 6.07) is 9.86. The van der Waals surface area contributed by atoms with Crippen LogP contribution in [0.4, 0.5) is 11.8 Å². The van der Waals surface area contributed by atoms with Crippen molar-refractivity contribution in [1.82, 2.24) is 15.0 Å². The lowest BCUT2D eigenvalue weighted by atomic mass is 10.1. The summed E-state index contributed by atoms with van der Waals surface area (Å²) < 4.78 is 51.9. The van der Waals surface area contributed by atoms with Crippen molar-refractivity contribution in [3.8, 4) is 35.0 Å². The molecule has 0 spiro atoms. The van der Waals surface area contributed by atoms with Crippen LogP contribution in [0.3, 0.4) is 0 Å². The highest BCUT2D eigenvalue weighted by Gasteiger charge is 2.28. The van der Waals surface area contributed by atoms with E-state index in [1.54, 1.807) is 35.2 Å². The summed E-state index contributed by atoms with van der Waals surface area (Å²) in [5, 5.41) is 10.1. The average Bonchev–Trinajstić information content (AvgIpc) is 2.95. The van der Waals surface area contributed by atoms with Crippen LogP contribution in [0.15, 0.2) is 47.6 Å². The first kappa shape index (κ1) is 28.9. The smallest absolute Gasteiger partial charge is 0.280 e. The van der Waals surface area contributed by atoms with Crippen LogP contribution in [0.2, 0.25) is 0 Å². The van der Waals surface area contributed by atoms with Crippen molar-refractivity contribution >= 4 is 21.8 Å². The third-order valence-corrected chi connectivity index (χ3v) is 7.08. The van der Waals surface area contributed by atoms with Crippen molar-refractivity contribution < 1.29 is 32.5 Å². The number of nitrogens with zero attached hydrogens (tertiary/aromatic N) is 4. The Kier molecular flexibility index (Phi) is 9.26. The molecule has 1 atom stereocenters. The molecule has 1 aliphatic rings. The minimum atomic E-state index is -4.24. The molecular formula is C27H31N5O7S. The van der Waals surface area contributed by atoms with E-state index in [0.717, 1.165) is 5.56 Å². The molecule has 1 aliphatic heterocycles. The molecule has 1 fully saturated rings. The lowest BCUT2D eigenvalue weighted by molar-refractivity contribution is 0.0274. The summed E-state index contributed by atoms with van der Waals surface area (Å²) >= 11 is 0. The fraction of sp³-hybridized carbons (Fsp3) is 0.370. The molecule has 0 radical (unpaired) electrons. The molecule has 0 aliphatic carbocycles. The van der Waals surface area contributed by atoms with E-state index < -0.39 is 16.3 Å². The Morgan fingerprint density at radius 3 is 2.45 bits per heavy atom. The number of anilines is 2. The number of benzene rings is 1. The van der Waals surface area contributed by atoms with Crippen LogP contribution in [0, 0.1) is 11.8 Å². The highest BCUT2D eigenvalue weighted by Crippen LogP contribution is 2.41. The number of para-hydroxylation sites is 2. The summed E-state index contributed by atoms with van der Waals surface area (Å²) in [6.07, 6.45) is -0.0639. The maximum absolute atomic E-state index is 13.5. The summed E-state index contributed by atoms with van der Waals surface area (Å²) in [5.74, 6) is 5.27. The number of aromatic nitrogens is 3. The number of hydrogen-bond acceptors (Lipinski definition) is 11. The van der Waals surface area contributed by atoms with Crippen LogP contribution in [-0.4, -0.2) is 68.2 Å². The van der Waals surface area contributed by atoms with Crippen LogP contribution in [-0.2, 0) is 14.8 Å². The molecule has 1 unspecified atom stereocenters. The van der Waals surface area contributed by atoms with Crippen LogP contribution in [0.1, 0.15) is 32.3 Å². The number of hydrogen-bond donors (Lipinski definition) is 2. The Balaban J connectivity index is 1.85. The number of aliphatic hydroxyl groups excluding tert-OH is 1. The predicted octanol–water partition coefficient (Wildman–Crippen LogP) is 3.15. The third-order valence-electron chi connectivity index (χ3n) is 5.82. The predicted molar refractivity (Wildman–Crippen MR) is 147 cm³/mol. The lowest BCUT2D eigenvalue weighted by Crippen LogP contribution is -2.37. The van der Waals surface area contributed by atoms with Crippen molar-refractivity contribution in [1.29, 1.82) is 0 Å². The molecule has 3 heterocycles. The monoisotopic (exact) mass is 569 g/mol. The molecule has 40 heavy (non-hydrogen) atoms. The molecule has 212 valence electrons. The molecule has 0 bridgehead atoms. The van der Waals surface area contributed by atoms with Gasteiger partial charge in [0.05, 0.1) is 20.3 Å². The maximum atomic E-state index is 13.5. The number of methoxy groups -OCH3 is 1. The van der Waals surface area contributed by atoms with Crippen molar-refractivity contribution in [2.75, 3.05) is 43.0 Å². The normalized spacial score (nSPS) is 14.2. The highest BCUT2D eigenvalue weighted by atomic mass is 32.2. The number of aliphatic hydroxyl groups is 1. The van der Waals surface area contributed by atoms with E-state index in [1.807, 2.05) is 13.8 Å². The summed E-state index contributed by atoms with van der Waals surface area (Å²) in [7, 11) is -2.77. The van der Waals surface area contributed by atoms with E-state index in [0.29, 0.717) is 32.1 Å². The molecule has 4 rings (SSSR count). The second-order valence-corrected chi connectivity index (χ2v) is 10.5. The lowest BCUT2D eigenvalue weighted by Gasteiger charge is -2.28. The zero-order valence-electron chi connectivity index (χ0n) is 22.6. The molecule has 12 nitrogen and oxygen atoms in total. The van der Waals surface area contributed by atoms with E-state index in [1.165, 1.54) is 26.3 Å². The first-order valence-electron chi connectivity index (χ1n) is 12.5. The van der Waals surface area contributed by atoms with Gasteiger partial charge >= 0.3 is 0 Å². The SMILES string of the molecule is CC#CC(O)Oc1nc(N2CCOCC2)nc(NS(=O)(=O)c2ccc(C(C)C)cn2)c1Oc1ccccc1OC. The van der Waals surface area contributed by atoms with Crippen molar-refractivity contribution in [3.63, 3.8) is 0 Å². The van der Waals surface area contributed by atoms with Gasteiger partial charge in [-0.15, -0.1) is 5.92 Å². The van der Waals surface area contributed by atoms with Gasteiger partial charge in [0.2, 0.25) is 11.7 Å². The fourth-order valence-electron chi connectivity index (χ4n) is 3.71. The topological polar surface area (TPSA) is 145 Å². The van der Waals surface area contributed by atoms with E-state index >= 15 is 0 Å². The number of pyridine rings is 1. The number of ether oxygens (including phenoxy) is 4. The molecule has 13 heteroatoms. The molecule has 0 amide bonds. The van der Waals surface area contributed by atoms with Gasteiger partial charge in [0.1, 0.15) is 0 Å². The first-order valence-corrected chi connectivity index (χ1v) is 14.0. The van der Waals surface area contributed by atoms with Crippen molar-refractivity contribution in [2.24, 2.45) is 0 Å². The average molecular weight is 570 g/mol. The highest BCUT2D eigenvalue weighted by molar-refractivity contribution is 7.92. The zero-order valence-corrected chi connectivity index (χ0v) is 23.4. The second-order valence-electron chi connectivity index (χ2n) is 8.91. The van der Waals surface area contributed by atoms with Gasteiger partial charge in [0, 0.05) is 19.3 Å². The molecule has 2 aromatic heterocycles. The van der Waals surface area contributed by atoms with E-state index in [4.69, 9.17) is 18.9 Å². The van der Waals surface area contributed by atoms with Crippen molar-refractivity contribution in [3.05, 3.63) is 48.2 Å². The Morgan fingerprint density at radius 2 is 1.82 bits per heavy atom. The van der Waals surface area contributed by atoms with Gasteiger partial charge in [-0.3, -0.25) is 4.72 Å². The largest absolute Gasteiger partial charge is 0.493 e. The molecule has 2 N–H and O–H groups in total. The molecular weight excluding hydrogens is 538 g/mol. The van der Waals surface area contributed by atoms with E-state index in [9.17, 15) is 13.5 Å². The third kappa shape index (κ3) is 6.90. The Labute approximate surface area is 233 Å². The number of nitrogens with one attached hydrogen (secondary N) is 1. The van der Waals surface area contributed by atoms with Gasteiger partial charge in [-0.25, -0.2) is 4.98 Å². The van der Waals surface area contributed by atoms with Gasteiger partial charge in [-0.05, 0) is 42.5 Å². The number of rotatable bonds is 10. The standard InChI is InChI=1S/C27H31N5O7S/c1-5-8-23(33)39-26-24(38-21-10-7-6-9-20(21)36-4)25(29-27(30-26)32-13-15-37-16-14-32)31-40(34,35)22-12-11-19(17-28-22)18(2)3/h6-7,9-12,17-18,23,33H,13-16H2,1-4H3,(H,29,30,31). The van der Waals surface area contributed by atoms with Gasteiger partial charge in [-0.1, -0.05) is 32.0 Å². The van der Waals surface area contributed by atoms with Crippen molar-refractivity contribution in [2.45, 2.75) is 38.0 Å². The summed E-state index contributed by atoms with van der Waals surface area (Å²) in [5.41, 5.74) is 0.887. The molecule has 1 aromatic carbocycles. The number of morpholine rings is 1. The first-order chi connectivity index (χ1) is 19.2. The van der Waals surface area contributed by atoms with Gasteiger partial charge in [-0.2, -0.15) is 18.4 Å². The van der Waals surface area contributed by atoms with Crippen LogP contribution in [0.25, 0.3) is 0 Å². The quantitative estimate of drug-likeness (QED) is 0.274. The van der Waals surface area contributed by atoms with Gasteiger partial charge in [0.15, 0.2) is 22.3 Å². The minimum absolute atomic E-state index is 0.142. The molecule has 1 saturated heterocycles. The fourth-order valence-corrected chi connectivity index (χ4v) is 4.64. The summed E-state index contributed by atoms with van der Waals surface area (Å²) in [6.45, 7) is 7.26. The Hall–Kier alpha value is -4.12. The second kappa shape index (κ2) is 12.8.